The van der Waals surface area contributed by atoms with E-state index in [4.69, 9.17) is 0 Å². The quantitative estimate of drug-likeness (QED) is 0.562. The molecule has 0 spiro atoms. The molecule has 0 radical (unpaired) electrons. The van der Waals surface area contributed by atoms with E-state index in [0.717, 1.165) is 0 Å². The van der Waals surface area contributed by atoms with Crippen molar-refractivity contribution in [2.45, 2.75) is 60.8 Å². The molecule has 1 aromatic rings. The Morgan fingerprint density at radius 3 is 2.10 bits per heavy atom. The molecule has 116 valence electrons. The van der Waals surface area contributed by atoms with Crippen LogP contribution >= 0.6 is 0 Å². The second-order valence-electron chi connectivity index (χ2n) is 8.28. The number of hydrogen-bond donors (Lipinski definition) is 0. The molecule has 0 heteroatoms. The van der Waals surface area contributed by atoms with E-state index in [1.165, 1.54) is 23.1 Å². The predicted octanol–water partition coefficient (Wildman–Crippen LogP) is 6.93. The van der Waals surface area contributed by atoms with Gasteiger partial charge in [0.15, 0.2) is 0 Å². The summed E-state index contributed by atoms with van der Waals surface area (Å²) >= 11 is 0. The zero-order valence-corrected chi connectivity index (χ0v) is 15.0. The van der Waals surface area contributed by atoms with Gasteiger partial charge in [-0.2, -0.15) is 0 Å². The summed E-state index contributed by atoms with van der Waals surface area (Å²) in [4.78, 5) is 0. The molecule has 1 atom stereocenters. The largest absolute Gasteiger partial charge is 0.0984 e. The second kappa shape index (κ2) is 6.64. The highest BCUT2D eigenvalue weighted by atomic mass is 14.3. The molecule has 1 rings (SSSR count). The van der Waals surface area contributed by atoms with E-state index in [9.17, 15) is 0 Å². The molecule has 0 aliphatic carbocycles. The van der Waals surface area contributed by atoms with E-state index in [1.807, 2.05) is 6.08 Å². The topological polar surface area (TPSA) is 0 Å². The third-order valence-corrected chi connectivity index (χ3v) is 3.94. The van der Waals surface area contributed by atoms with Crippen molar-refractivity contribution in [2.24, 2.45) is 10.8 Å². The monoisotopic (exact) mass is 284 g/mol. The van der Waals surface area contributed by atoms with Crippen molar-refractivity contribution in [3.05, 3.63) is 47.5 Å². The first-order chi connectivity index (χ1) is 9.58. The molecule has 1 aromatic carbocycles. The van der Waals surface area contributed by atoms with Gasteiger partial charge in [-0.05, 0) is 46.8 Å². The Labute approximate surface area is 132 Å². The van der Waals surface area contributed by atoms with Gasteiger partial charge < -0.3 is 0 Å². The van der Waals surface area contributed by atoms with Crippen molar-refractivity contribution in [1.29, 1.82) is 0 Å². The maximum Gasteiger partial charge on any atom is -0.0108 e. The molecule has 0 aliphatic rings. The minimum absolute atomic E-state index is 0.260. The SMILES string of the molecule is C=Cc1ccc(C(CC(C)(C)C)C(C)(C)C)cc1/C=C\C. The molecule has 0 aromatic heterocycles. The van der Waals surface area contributed by atoms with Crippen LogP contribution in [0.1, 0.15) is 77.5 Å². The minimum Gasteiger partial charge on any atom is -0.0984 e. The van der Waals surface area contributed by atoms with Crippen molar-refractivity contribution in [2.75, 3.05) is 0 Å². The average molecular weight is 284 g/mol. The maximum absolute atomic E-state index is 3.92. The summed E-state index contributed by atoms with van der Waals surface area (Å²) in [6, 6.07) is 6.84. The predicted molar refractivity (Wildman–Crippen MR) is 97.5 cm³/mol. The smallest absolute Gasteiger partial charge is 0.0108 e. The molecule has 21 heavy (non-hydrogen) atoms. The van der Waals surface area contributed by atoms with Gasteiger partial charge in [-0.15, -0.1) is 0 Å². The van der Waals surface area contributed by atoms with E-state index < -0.39 is 0 Å². The molecule has 0 N–H and O–H groups in total. The summed E-state index contributed by atoms with van der Waals surface area (Å²) in [6.07, 6.45) is 7.41. The second-order valence-corrected chi connectivity index (χ2v) is 8.28. The van der Waals surface area contributed by atoms with Gasteiger partial charge in [0, 0.05) is 0 Å². The first-order valence-corrected chi connectivity index (χ1v) is 7.97. The number of allylic oxidation sites excluding steroid dienone is 1. The van der Waals surface area contributed by atoms with Crippen LogP contribution < -0.4 is 0 Å². The fourth-order valence-electron chi connectivity index (χ4n) is 2.86. The lowest BCUT2D eigenvalue weighted by Crippen LogP contribution is -2.24. The maximum atomic E-state index is 3.92. The van der Waals surface area contributed by atoms with Gasteiger partial charge in [0.25, 0.3) is 0 Å². The number of hydrogen-bond acceptors (Lipinski definition) is 0. The Hall–Kier alpha value is -1.30. The lowest BCUT2D eigenvalue weighted by molar-refractivity contribution is 0.229. The van der Waals surface area contributed by atoms with E-state index in [-0.39, 0.29) is 5.41 Å². The molecule has 0 amide bonds. The number of rotatable bonds is 4. The van der Waals surface area contributed by atoms with Gasteiger partial charge in [0.05, 0.1) is 0 Å². The molecule has 0 saturated heterocycles. The van der Waals surface area contributed by atoms with Crippen LogP contribution in [-0.4, -0.2) is 0 Å². The van der Waals surface area contributed by atoms with Gasteiger partial charge in [-0.25, -0.2) is 0 Å². The van der Waals surface area contributed by atoms with E-state index in [2.05, 4.69) is 85.4 Å². The Morgan fingerprint density at radius 2 is 1.67 bits per heavy atom. The molecular weight excluding hydrogens is 252 g/mol. The van der Waals surface area contributed by atoms with Gasteiger partial charge in [0.2, 0.25) is 0 Å². The normalized spacial score (nSPS) is 14.4. The summed E-state index contributed by atoms with van der Waals surface area (Å²) in [7, 11) is 0. The lowest BCUT2D eigenvalue weighted by atomic mass is 9.69. The van der Waals surface area contributed by atoms with Crippen LogP contribution in [0.4, 0.5) is 0 Å². The highest BCUT2D eigenvalue weighted by Gasteiger charge is 2.30. The first-order valence-electron chi connectivity index (χ1n) is 7.97. The Kier molecular flexibility index (Phi) is 5.61. The van der Waals surface area contributed by atoms with E-state index >= 15 is 0 Å². The fourth-order valence-corrected chi connectivity index (χ4v) is 2.86. The molecule has 0 nitrogen and oxygen atoms in total. The van der Waals surface area contributed by atoms with Crippen LogP contribution in [0.25, 0.3) is 12.2 Å². The molecule has 1 unspecified atom stereocenters. The summed E-state index contributed by atoms with van der Waals surface area (Å²) in [5, 5.41) is 0. The molecule has 0 bridgehead atoms. The lowest BCUT2D eigenvalue weighted by Gasteiger charge is -2.36. The van der Waals surface area contributed by atoms with Crippen LogP contribution in [0.2, 0.25) is 0 Å². The van der Waals surface area contributed by atoms with Crippen molar-refractivity contribution in [3.63, 3.8) is 0 Å². The highest BCUT2D eigenvalue weighted by Crippen LogP contribution is 2.43. The Balaban J connectivity index is 3.31. The van der Waals surface area contributed by atoms with Crippen LogP contribution in [0.3, 0.4) is 0 Å². The van der Waals surface area contributed by atoms with Crippen molar-refractivity contribution in [3.8, 4) is 0 Å². The third-order valence-electron chi connectivity index (χ3n) is 3.94. The van der Waals surface area contributed by atoms with E-state index in [0.29, 0.717) is 11.3 Å². The summed E-state index contributed by atoms with van der Waals surface area (Å²) < 4.78 is 0. The summed E-state index contributed by atoms with van der Waals surface area (Å²) in [6.45, 7) is 20.0. The van der Waals surface area contributed by atoms with Gasteiger partial charge in [0.1, 0.15) is 0 Å². The molecular formula is C21H32. The van der Waals surface area contributed by atoms with E-state index in [1.54, 1.807) is 0 Å². The molecule has 0 aliphatic heterocycles. The number of benzene rings is 1. The van der Waals surface area contributed by atoms with Crippen LogP contribution in [-0.2, 0) is 0 Å². The highest BCUT2D eigenvalue weighted by molar-refractivity contribution is 5.65. The molecule has 0 saturated carbocycles. The van der Waals surface area contributed by atoms with Crippen LogP contribution in [0.15, 0.2) is 30.9 Å². The van der Waals surface area contributed by atoms with Crippen molar-refractivity contribution in [1.82, 2.24) is 0 Å². The minimum atomic E-state index is 0.260. The van der Waals surface area contributed by atoms with Gasteiger partial charge in [-0.3, -0.25) is 0 Å². The zero-order valence-electron chi connectivity index (χ0n) is 15.0. The summed E-state index contributed by atoms with van der Waals surface area (Å²) in [5.74, 6) is 0.556. The van der Waals surface area contributed by atoms with Crippen molar-refractivity contribution >= 4 is 12.2 Å². The van der Waals surface area contributed by atoms with Gasteiger partial charge in [-0.1, -0.05) is 84.5 Å². The fraction of sp³-hybridized carbons (Fsp3) is 0.524. The summed E-state index contributed by atoms with van der Waals surface area (Å²) in [5.41, 5.74) is 4.51. The standard InChI is InChI=1S/C21H32/c1-9-11-17-14-18(13-12-16(17)10-2)19(21(6,7)8)15-20(3,4)5/h9-14,19H,2,15H2,1,3-8H3/b11-9-. The zero-order chi connectivity index (χ0) is 16.3. The van der Waals surface area contributed by atoms with Gasteiger partial charge >= 0.3 is 0 Å². The third kappa shape index (κ3) is 5.19. The Bertz CT molecular complexity index is 504. The van der Waals surface area contributed by atoms with Crippen molar-refractivity contribution < 1.29 is 0 Å². The first kappa shape index (κ1) is 17.8. The molecule has 0 fully saturated rings. The Morgan fingerprint density at radius 1 is 1.05 bits per heavy atom. The average Bonchev–Trinajstić information content (AvgIpc) is 2.34. The van der Waals surface area contributed by atoms with Crippen LogP contribution in [0, 0.1) is 10.8 Å². The molecule has 0 heterocycles. The van der Waals surface area contributed by atoms with Crippen LogP contribution in [0.5, 0.6) is 0 Å².